The molecule has 1 N–H and O–H groups in total. The van der Waals surface area contributed by atoms with Gasteiger partial charge in [0.2, 0.25) is 12.0 Å². The summed E-state index contributed by atoms with van der Waals surface area (Å²) >= 11 is 0. The van der Waals surface area contributed by atoms with Gasteiger partial charge in [0.15, 0.2) is 11.5 Å². The summed E-state index contributed by atoms with van der Waals surface area (Å²) < 4.78 is 19.3. The Kier molecular flexibility index (Phi) is 8.05. The largest absolute Gasteiger partial charge is 0.494 e. The van der Waals surface area contributed by atoms with Gasteiger partial charge in [0.05, 0.1) is 12.3 Å². The average molecular weight is 533 g/mol. The van der Waals surface area contributed by atoms with E-state index in [4.69, 9.17) is 14.2 Å². The zero-order chi connectivity index (χ0) is 27.4. The third kappa shape index (κ3) is 5.87. The van der Waals surface area contributed by atoms with Crippen molar-refractivity contribution in [2.24, 2.45) is 7.05 Å². The van der Waals surface area contributed by atoms with Crippen molar-refractivity contribution < 1.29 is 23.8 Å². The maximum absolute atomic E-state index is 14.3. The molecule has 39 heavy (non-hydrogen) atoms. The van der Waals surface area contributed by atoms with E-state index < -0.39 is 12.1 Å². The highest BCUT2D eigenvalue weighted by Gasteiger charge is 2.41. The normalized spacial score (nSPS) is 17.8. The zero-order valence-electron chi connectivity index (χ0n) is 22.8. The summed E-state index contributed by atoms with van der Waals surface area (Å²) in [7, 11) is 1.81. The molecule has 2 amide bonds. The van der Waals surface area contributed by atoms with Crippen LogP contribution in [0.5, 0.6) is 17.2 Å². The Bertz CT molecular complexity index is 1300. The van der Waals surface area contributed by atoms with E-state index in [0.717, 1.165) is 25.7 Å². The smallest absolute Gasteiger partial charge is 0.272 e. The summed E-state index contributed by atoms with van der Waals surface area (Å²) in [6.07, 6.45) is 6.06. The number of fused-ring (bicyclic) bond motifs is 1. The van der Waals surface area contributed by atoms with Crippen molar-refractivity contribution in [2.45, 2.75) is 64.1 Å². The number of hydrogen-bond acceptors (Lipinski definition) is 6. The van der Waals surface area contributed by atoms with Crippen molar-refractivity contribution in [2.75, 3.05) is 18.1 Å². The highest BCUT2D eigenvalue weighted by molar-refractivity contribution is 6.03. The second-order valence-electron chi connectivity index (χ2n) is 10.1. The maximum Gasteiger partial charge on any atom is 0.272 e. The van der Waals surface area contributed by atoms with Crippen LogP contribution in [0.1, 0.15) is 56.3 Å². The van der Waals surface area contributed by atoms with E-state index in [0.29, 0.717) is 40.8 Å². The van der Waals surface area contributed by atoms with Crippen molar-refractivity contribution in [1.82, 2.24) is 15.1 Å². The molecule has 0 spiro atoms. The summed E-state index contributed by atoms with van der Waals surface area (Å²) in [5.74, 6) is 1.15. The zero-order valence-corrected chi connectivity index (χ0v) is 22.8. The molecule has 1 aliphatic carbocycles. The number of amides is 2. The number of carbonyl (C=O) groups is 2. The van der Waals surface area contributed by atoms with E-state index in [-0.39, 0.29) is 24.5 Å². The summed E-state index contributed by atoms with van der Waals surface area (Å²) in [5, 5.41) is 7.74. The molecule has 0 unspecified atom stereocenters. The molecule has 3 aromatic rings. The number of para-hydroxylation sites is 2. The number of ether oxygens (including phenoxy) is 3. The molecule has 0 bridgehead atoms. The molecule has 2 atom stereocenters. The molecule has 2 heterocycles. The van der Waals surface area contributed by atoms with E-state index >= 15 is 0 Å². The van der Waals surface area contributed by atoms with Crippen molar-refractivity contribution in [3.05, 3.63) is 66.0 Å². The fourth-order valence-corrected chi connectivity index (χ4v) is 5.38. The Morgan fingerprint density at radius 1 is 1.10 bits per heavy atom. The lowest BCUT2D eigenvalue weighted by Crippen LogP contribution is -2.52. The molecule has 9 nitrogen and oxygen atoms in total. The van der Waals surface area contributed by atoms with Gasteiger partial charge in [-0.05, 0) is 63.1 Å². The molecule has 2 aliphatic rings. The Morgan fingerprint density at radius 3 is 2.49 bits per heavy atom. The van der Waals surface area contributed by atoms with Crippen LogP contribution in [0.2, 0.25) is 0 Å². The third-order valence-corrected chi connectivity index (χ3v) is 7.25. The quantitative estimate of drug-likeness (QED) is 0.459. The Hall–Kier alpha value is -4.01. The van der Waals surface area contributed by atoms with Gasteiger partial charge in [0, 0.05) is 30.5 Å². The minimum Gasteiger partial charge on any atom is -0.494 e. The van der Waals surface area contributed by atoms with Crippen LogP contribution in [-0.2, 0) is 16.6 Å². The van der Waals surface area contributed by atoms with Crippen LogP contribution in [0.25, 0.3) is 0 Å². The van der Waals surface area contributed by atoms with Crippen LogP contribution < -0.4 is 24.4 Å². The van der Waals surface area contributed by atoms with Gasteiger partial charge >= 0.3 is 0 Å². The predicted octanol–water partition coefficient (Wildman–Crippen LogP) is 4.49. The second-order valence-corrected chi connectivity index (χ2v) is 10.1. The molecular formula is C30H36N4O5. The van der Waals surface area contributed by atoms with E-state index in [1.54, 1.807) is 41.1 Å². The van der Waals surface area contributed by atoms with E-state index in [9.17, 15) is 9.59 Å². The summed E-state index contributed by atoms with van der Waals surface area (Å²) in [5.41, 5.74) is 1.89. The van der Waals surface area contributed by atoms with Crippen molar-refractivity contribution >= 4 is 17.5 Å². The highest BCUT2D eigenvalue weighted by atomic mass is 16.6. The monoisotopic (exact) mass is 532 g/mol. The SMILES string of the molecule is CCOc1ccc(N(C(=O)[C@H]2COc3ccccc3O2)[C@H](C(=O)NC2CCCCC2)c2cn(C)nc2C)cc1. The number of hydrogen-bond donors (Lipinski definition) is 1. The van der Waals surface area contributed by atoms with E-state index in [1.807, 2.05) is 39.2 Å². The number of aryl methyl sites for hydroxylation is 2. The summed E-state index contributed by atoms with van der Waals surface area (Å²) in [6.45, 7) is 4.33. The molecule has 0 radical (unpaired) electrons. The molecule has 5 rings (SSSR count). The lowest BCUT2D eigenvalue weighted by atomic mass is 9.94. The number of nitrogens with zero attached hydrogens (tertiary/aromatic N) is 3. The van der Waals surface area contributed by atoms with Crippen LogP contribution >= 0.6 is 0 Å². The minimum absolute atomic E-state index is 0.0341. The van der Waals surface area contributed by atoms with Crippen molar-refractivity contribution in [3.8, 4) is 17.2 Å². The van der Waals surface area contributed by atoms with Gasteiger partial charge in [-0.1, -0.05) is 31.4 Å². The van der Waals surface area contributed by atoms with Crippen LogP contribution in [0, 0.1) is 6.92 Å². The number of nitrogens with one attached hydrogen (secondary N) is 1. The number of benzene rings is 2. The molecule has 1 aliphatic heterocycles. The van der Waals surface area contributed by atoms with Gasteiger partial charge in [0.1, 0.15) is 18.4 Å². The van der Waals surface area contributed by atoms with Gasteiger partial charge in [-0.2, -0.15) is 5.10 Å². The van der Waals surface area contributed by atoms with Crippen LogP contribution in [-0.4, -0.2) is 47.0 Å². The van der Waals surface area contributed by atoms with Crippen molar-refractivity contribution in [3.63, 3.8) is 0 Å². The fraction of sp³-hybridized carbons (Fsp3) is 0.433. The first kappa shape index (κ1) is 26.6. The van der Waals surface area contributed by atoms with Crippen LogP contribution in [0.4, 0.5) is 5.69 Å². The number of carbonyl (C=O) groups excluding carboxylic acids is 2. The number of anilines is 1. The van der Waals surface area contributed by atoms with Crippen molar-refractivity contribution in [1.29, 1.82) is 0 Å². The molecule has 0 saturated heterocycles. The first-order chi connectivity index (χ1) is 18.9. The fourth-order valence-electron chi connectivity index (χ4n) is 5.38. The van der Waals surface area contributed by atoms with E-state index in [2.05, 4.69) is 10.4 Å². The van der Waals surface area contributed by atoms with Gasteiger partial charge in [-0.15, -0.1) is 0 Å². The lowest BCUT2D eigenvalue weighted by molar-refractivity contribution is -0.132. The summed E-state index contributed by atoms with van der Waals surface area (Å²) in [4.78, 5) is 30.0. The van der Waals surface area contributed by atoms with Gasteiger partial charge in [-0.25, -0.2) is 0 Å². The second kappa shape index (κ2) is 11.8. The molecule has 1 saturated carbocycles. The van der Waals surface area contributed by atoms with E-state index in [1.165, 1.54) is 11.3 Å². The molecule has 206 valence electrons. The van der Waals surface area contributed by atoms with Crippen LogP contribution in [0.3, 0.4) is 0 Å². The Morgan fingerprint density at radius 2 is 1.82 bits per heavy atom. The molecular weight excluding hydrogens is 496 g/mol. The molecule has 9 heteroatoms. The van der Waals surface area contributed by atoms with Gasteiger partial charge < -0.3 is 19.5 Å². The number of aromatic nitrogens is 2. The Balaban J connectivity index is 1.55. The number of rotatable bonds is 8. The van der Waals surface area contributed by atoms with Crippen LogP contribution in [0.15, 0.2) is 54.7 Å². The first-order valence-corrected chi connectivity index (χ1v) is 13.7. The first-order valence-electron chi connectivity index (χ1n) is 13.7. The van der Waals surface area contributed by atoms with Gasteiger partial charge in [-0.3, -0.25) is 19.2 Å². The Labute approximate surface area is 229 Å². The minimum atomic E-state index is -0.952. The molecule has 1 fully saturated rings. The highest BCUT2D eigenvalue weighted by Crippen LogP contribution is 2.35. The topological polar surface area (TPSA) is 94.9 Å². The standard InChI is InChI=1S/C30H36N4O5/c1-4-37-23-16-14-22(15-17-23)34(30(36)27-19-38-25-12-8-9-13-26(25)39-27)28(24-18-33(3)32-20(24)2)29(35)31-21-10-6-5-7-11-21/h8-9,12-18,21,27-28H,4-7,10-11,19H2,1-3H3,(H,31,35)/t27-,28+/m1/s1. The molecule has 2 aromatic carbocycles. The average Bonchev–Trinajstić information content (AvgIpc) is 3.29. The predicted molar refractivity (Wildman–Crippen MR) is 147 cm³/mol. The maximum atomic E-state index is 14.3. The van der Waals surface area contributed by atoms with Gasteiger partial charge in [0.25, 0.3) is 5.91 Å². The molecule has 1 aromatic heterocycles. The third-order valence-electron chi connectivity index (χ3n) is 7.25. The summed E-state index contributed by atoms with van der Waals surface area (Å²) in [6, 6.07) is 13.6. The lowest BCUT2D eigenvalue weighted by Gasteiger charge is -2.36.